The van der Waals surface area contributed by atoms with Crippen LogP contribution in [0.5, 0.6) is 0 Å². The highest BCUT2D eigenvalue weighted by Gasteiger charge is 2.27. The van der Waals surface area contributed by atoms with E-state index in [0.29, 0.717) is 0 Å². The van der Waals surface area contributed by atoms with E-state index in [9.17, 15) is 0 Å². The molecule has 2 heteroatoms. The Morgan fingerprint density at radius 1 is 1.40 bits per heavy atom. The molecule has 0 amide bonds. The number of likely N-dealkylation sites (tertiary alicyclic amines) is 1. The molecule has 2 nitrogen and oxygen atoms in total. The van der Waals surface area contributed by atoms with Crippen LogP contribution in [-0.4, -0.2) is 36.6 Å². The van der Waals surface area contributed by atoms with Crippen LogP contribution in [0, 0.1) is 5.92 Å². The lowest BCUT2D eigenvalue weighted by Crippen LogP contribution is -2.47. The number of hydrogen-bond donors (Lipinski definition) is 1. The van der Waals surface area contributed by atoms with Crippen molar-refractivity contribution in [3.8, 4) is 0 Å². The van der Waals surface area contributed by atoms with Crippen LogP contribution in [0.3, 0.4) is 0 Å². The Balaban J connectivity index is 2.33. The largest absolute Gasteiger partial charge is 0.317 e. The zero-order valence-corrected chi connectivity index (χ0v) is 10.9. The molecule has 90 valence electrons. The molecule has 1 saturated heterocycles. The molecule has 0 aromatic rings. The second-order valence-electron chi connectivity index (χ2n) is 5.09. The first-order valence-electron chi connectivity index (χ1n) is 6.63. The molecule has 1 aliphatic heterocycles. The van der Waals surface area contributed by atoms with Crippen molar-refractivity contribution in [2.24, 2.45) is 5.92 Å². The van der Waals surface area contributed by atoms with Gasteiger partial charge in [-0.3, -0.25) is 4.90 Å². The highest BCUT2D eigenvalue weighted by atomic mass is 15.2. The summed E-state index contributed by atoms with van der Waals surface area (Å²) in [6, 6.07) is 1.51. The zero-order valence-electron chi connectivity index (χ0n) is 10.9. The molecule has 3 unspecified atom stereocenters. The predicted octanol–water partition coefficient (Wildman–Crippen LogP) is 2.49. The summed E-state index contributed by atoms with van der Waals surface area (Å²) in [4.78, 5) is 2.70. The van der Waals surface area contributed by atoms with Gasteiger partial charge in [-0.15, -0.1) is 0 Å². The monoisotopic (exact) mass is 212 g/mol. The van der Waals surface area contributed by atoms with E-state index in [1.54, 1.807) is 0 Å². The minimum absolute atomic E-state index is 0.738. The lowest BCUT2D eigenvalue weighted by Gasteiger charge is -2.41. The first-order chi connectivity index (χ1) is 7.16. The SMILES string of the molecule is CCNCCC(C)N1CCCC(C)C1C. The Morgan fingerprint density at radius 2 is 2.13 bits per heavy atom. The van der Waals surface area contributed by atoms with Crippen LogP contribution >= 0.6 is 0 Å². The molecule has 0 aliphatic carbocycles. The van der Waals surface area contributed by atoms with E-state index < -0.39 is 0 Å². The third-order valence-corrected chi connectivity index (χ3v) is 3.98. The minimum Gasteiger partial charge on any atom is -0.317 e. The molecule has 0 radical (unpaired) electrons. The van der Waals surface area contributed by atoms with E-state index >= 15 is 0 Å². The van der Waals surface area contributed by atoms with E-state index in [2.05, 4.69) is 37.9 Å². The van der Waals surface area contributed by atoms with Crippen LogP contribution in [0.4, 0.5) is 0 Å². The molecule has 0 aromatic heterocycles. The third kappa shape index (κ3) is 3.76. The maximum absolute atomic E-state index is 3.42. The van der Waals surface area contributed by atoms with Crippen molar-refractivity contribution >= 4 is 0 Å². The molecule has 1 aliphatic rings. The van der Waals surface area contributed by atoms with Gasteiger partial charge in [-0.1, -0.05) is 13.8 Å². The summed E-state index contributed by atoms with van der Waals surface area (Å²) in [5, 5.41) is 3.42. The van der Waals surface area contributed by atoms with Crippen molar-refractivity contribution in [3.63, 3.8) is 0 Å². The summed E-state index contributed by atoms with van der Waals surface area (Å²) in [7, 11) is 0. The van der Waals surface area contributed by atoms with Gasteiger partial charge in [-0.25, -0.2) is 0 Å². The molecule has 0 bridgehead atoms. The maximum atomic E-state index is 3.42. The fourth-order valence-corrected chi connectivity index (χ4v) is 2.64. The van der Waals surface area contributed by atoms with Gasteiger partial charge in [0.1, 0.15) is 0 Å². The van der Waals surface area contributed by atoms with Crippen LogP contribution in [0.25, 0.3) is 0 Å². The average Bonchev–Trinajstić information content (AvgIpc) is 2.22. The molecule has 1 heterocycles. The van der Waals surface area contributed by atoms with Gasteiger partial charge in [-0.2, -0.15) is 0 Å². The molecule has 1 rings (SSSR count). The van der Waals surface area contributed by atoms with Crippen LogP contribution in [0.2, 0.25) is 0 Å². The highest BCUT2D eigenvalue weighted by Crippen LogP contribution is 2.25. The van der Waals surface area contributed by atoms with Crippen molar-refractivity contribution in [1.29, 1.82) is 0 Å². The minimum atomic E-state index is 0.738. The molecular formula is C13H28N2. The molecule has 1 N–H and O–H groups in total. The predicted molar refractivity (Wildman–Crippen MR) is 67.2 cm³/mol. The number of nitrogens with one attached hydrogen (secondary N) is 1. The van der Waals surface area contributed by atoms with Gasteiger partial charge in [0.05, 0.1) is 0 Å². The second-order valence-corrected chi connectivity index (χ2v) is 5.09. The summed E-state index contributed by atoms with van der Waals surface area (Å²) in [5.41, 5.74) is 0. The quantitative estimate of drug-likeness (QED) is 0.704. The number of rotatable bonds is 5. The fraction of sp³-hybridized carbons (Fsp3) is 1.00. The average molecular weight is 212 g/mol. The molecular weight excluding hydrogens is 184 g/mol. The topological polar surface area (TPSA) is 15.3 Å². The third-order valence-electron chi connectivity index (χ3n) is 3.98. The molecule has 1 fully saturated rings. The van der Waals surface area contributed by atoms with Crippen molar-refractivity contribution in [3.05, 3.63) is 0 Å². The number of nitrogens with zero attached hydrogens (tertiary/aromatic N) is 1. The fourth-order valence-electron chi connectivity index (χ4n) is 2.64. The Labute approximate surface area is 95.4 Å². The van der Waals surface area contributed by atoms with E-state index in [4.69, 9.17) is 0 Å². The number of piperidine rings is 1. The molecule has 15 heavy (non-hydrogen) atoms. The van der Waals surface area contributed by atoms with Gasteiger partial charge in [0.25, 0.3) is 0 Å². The Morgan fingerprint density at radius 3 is 2.80 bits per heavy atom. The van der Waals surface area contributed by atoms with Crippen LogP contribution in [0.15, 0.2) is 0 Å². The zero-order chi connectivity index (χ0) is 11.3. The Hall–Kier alpha value is -0.0800. The second kappa shape index (κ2) is 6.49. The summed E-state index contributed by atoms with van der Waals surface area (Å²) >= 11 is 0. The van der Waals surface area contributed by atoms with Gasteiger partial charge in [0.2, 0.25) is 0 Å². The summed E-state index contributed by atoms with van der Waals surface area (Å²) in [6.07, 6.45) is 4.08. The molecule has 0 saturated carbocycles. The lowest BCUT2D eigenvalue weighted by molar-refractivity contribution is 0.0719. The van der Waals surface area contributed by atoms with Gasteiger partial charge in [0, 0.05) is 12.1 Å². The Kier molecular flexibility index (Phi) is 5.62. The maximum Gasteiger partial charge on any atom is 0.00953 e. The van der Waals surface area contributed by atoms with Crippen molar-refractivity contribution in [2.45, 2.75) is 59.0 Å². The smallest absolute Gasteiger partial charge is 0.00953 e. The number of hydrogen-bond acceptors (Lipinski definition) is 2. The van der Waals surface area contributed by atoms with E-state index in [0.717, 1.165) is 31.1 Å². The van der Waals surface area contributed by atoms with Crippen molar-refractivity contribution in [2.75, 3.05) is 19.6 Å². The highest BCUT2D eigenvalue weighted by molar-refractivity contribution is 4.82. The lowest BCUT2D eigenvalue weighted by atomic mass is 9.90. The van der Waals surface area contributed by atoms with Crippen LogP contribution < -0.4 is 5.32 Å². The van der Waals surface area contributed by atoms with Crippen molar-refractivity contribution in [1.82, 2.24) is 10.2 Å². The van der Waals surface area contributed by atoms with Crippen molar-refractivity contribution < 1.29 is 0 Å². The van der Waals surface area contributed by atoms with E-state index in [-0.39, 0.29) is 0 Å². The first-order valence-corrected chi connectivity index (χ1v) is 6.63. The molecule has 0 spiro atoms. The normalized spacial score (nSPS) is 30.4. The first kappa shape index (κ1) is 13.0. The van der Waals surface area contributed by atoms with Gasteiger partial charge >= 0.3 is 0 Å². The van der Waals surface area contributed by atoms with Gasteiger partial charge in [0.15, 0.2) is 0 Å². The van der Waals surface area contributed by atoms with E-state index in [1.807, 2.05) is 0 Å². The van der Waals surface area contributed by atoms with Crippen LogP contribution in [0.1, 0.15) is 47.0 Å². The molecule has 0 aromatic carbocycles. The standard InChI is InChI=1S/C13H28N2/c1-5-14-9-8-12(3)15-10-6-7-11(2)13(15)4/h11-14H,5-10H2,1-4H3. The van der Waals surface area contributed by atoms with Gasteiger partial charge < -0.3 is 5.32 Å². The summed E-state index contributed by atoms with van der Waals surface area (Å²) in [5.74, 6) is 0.875. The van der Waals surface area contributed by atoms with Crippen LogP contribution in [-0.2, 0) is 0 Å². The van der Waals surface area contributed by atoms with E-state index in [1.165, 1.54) is 25.8 Å². The summed E-state index contributed by atoms with van der Waals surface area (Å²) < 4.78 is 0. The van der Waals surface area contributed by atoms with Gasteiger partial charge in [-0.05, 0) is 58.7 Å². The Bertz CT molecular complexity index is 170. The molecule has 3 atom stereocenters. The summed E-state index contributed by atoms with van der Waals surface area (Å²) in [6.45, 7) is 12.9.